The van der Waals surface area contributed by atoms with Crippen molar-refractivity contribution < 1.29 is 9.26 Å². The van der Waals surface area contributed by atoms with Gasteiger partial charge in [0.1, 0.15) is 0 Å². The molecule has 0 aliphatic carbocycles. The molecule has 0 radical (unpaired) electrons. The molecule has 2 atom stereocenters. The molecule has 0 bridgehead atoms. The van der Waals surface area contributed by atoms with Gasteiger partial charge < -0.3 is 14.6 Å². The van der Waals surface area contributed by atoms with E-state index in [1.165, 1.54) is 0 Å². The molecular formula is C16H29N3O2. The van der Waals surface area contributed by atoms with E-state index in [1.807, 2.05) is 0 Å². The molecule has 21 heavy (non-hydrogen) atoms. The summed E-state index contributed by atoms with van der Waals surface area (Å²) in [5, 5.41) is 7.76. The Balaban J connectivity index is 1.98. The number of nitrogens with zero attached hydrogens (tertiary/aromatic N) is 2. The zero-order valence-corrected chi connectivity index (χ0v) is 13.8. The summed E-state index contributed by atoms with van der Waals surface area (Å²) in [7, 11) is 0. The van der Waals surface area contributed by atoms with Gasteiger partial charge in [-0.15, -0.1) is 0 Å². The zero-order valence-electron chi connectivity index (χ0n) is 13.8. The van der Waals surface area contributed by atoms with Gasteiger partial charge in [-0.3, -0.25) is 0 Å². The molecule has 2 unspecified atom stereocenters. The number of ether oxygens (including phenoxy) is 1. The van der Waals surface area contributed by atoms with Gasteiger partial charge in [-0.2, -0.15) is 4.98 Å². The van der Waals surface area contributed by atoms with Crippen molar-refractivity contribution in [3.63, 3.8) is 0 Å². The Hall–Kier alpha value is -0.940. The van der Waals surface area contributed by atoms with Gasteiger partial charge in [0.15, 0.2) is 5.82 Å². The predicted molar refractivity (Wildman–Crippen MR) is 82.3 cm³/mol. The van der Waals surface area contributed by atoms with Crippen molar-refractivity contribution in [2.45, 2.75) is 65.3 Å². The minimum absolute atomic E-state index is 0.164. The minimum Gasteiger partial charge on any atom is -0.381 e. The Bertz CT molecular complexity index is 419. The van der Waals surface area contributed by atoms with Crippen molar-refractivity contribution in [2.75, 3.05) is 19.8 Å². The lowest BCUT2D eigenvalue weighted by Gasteiger charge is -2.30. The second-order valence-electron chi connectivity index (χ2n) is 7.04. The summed E-state index contributed by atoms with van der Waals surface area (Å²) < 4.78 is 11.0. The molecule has 0 spiro atoms. The predicted octanol–water partition coefficient (Wildman–Crippen LogP) is 2.92. The fraction of sp³-hybridized carbons (Fsp3) is 0.875. The van der Waals surface area contributed by atoms with E-state index < -0.39 is 0 Å². The lowest BCUT2D eigenvalue weighted by molar-refractivity contribution is 0.0773. The number of nitrogens with one attached hydrogen (secondary N) is 1. The molecule has 1 aromatic heterocycles. The summed E-state index contributed by atoms with van der Waals surface area (Å²) in [5.41, 5.74) is 0.164. The van der Waals surface area contributed by atoms with Crippen molar-refractivity contribution in [3.8, 4) is 0 Å². The average Bonchev–Trinajstić information content (AvgIpc) is 2.92. The highest BCUT2D eigenvalue weighted by atomic mass is 16.5. The third kappa shape index (κ3) is 4.78. The molecule has 1 aromatic rings. The molecule has 2 heterocycles. The number of hydrogen-bond acceptors (Lipinski definition) is 5. The highest BCUT2D eigenvalue weighted by Crippen LogP contribution is 2.25. The van der Waals surface area contributed by atoms with E-state index in [2.05, 4.69) is 43.2 Å². The van der Waals surface area contributed by atoms with E-state index in [1.54, 1.807) is 0 Å². The Morgan fingerprint density at radius 1 is 1.38 bits per heavy atom. The fourth-order valence-electron chi connectivity index (χ4n) is 2.64. The normalized spacial score (nSPS) is 21.4. The van der Waals surface area contributed by atoms with Gasteiger partial charge in [-0.05, 0) is 31.2 Å². The summed E-state index contributed by atoms with van der Waals surface area (Å²) in [4.78, 5) is 4.60. The van der Waals surface area contributed by atoms with Crippen LogP contribution in [0.1, 0.15) is 64.6 Å². The first-order valence-corrected chi connectivity index (χ1v) is 8.14. The molecule has 0 aromatic carbocycles. The highest BCUT2D eigenvalue weighted by Gasteiger charge is 2.27. The maximum absolute atomic E-state index is 5.50. The van der Waals surface area contributed by atoms with Gasteiger partial charge in [0.2, 0.25) is 5.89 Å². The van der Waals surface area contributed by atoms with Crippen LogP contribution in [-0.2, 0) is 11.2 Å². The number of aromatic nitrogens is 2. The standard InChI is InChI=1S/C16H29N3O2/c1-5-8-17-13(16(2,3)4)10-14-18-15(19-21-14)12-7-6-9-20-11-12/h12-13,17H,5-11H2,1-4H3. The average molecular weight is 295 g/mol. The molecule has 120 valence electrons. The van der Waals surface area contributed by atoms with Crippen molar-refractivity contribution in [1.82, 2.24) is 15.5 Å². The molecule has 5 heteroatoms. The minimum atomic E-state index is 0.164. The SMILES string of the molecule is CCCNC(Cc1nc(C2CCCOC2)no1)C(C)(C)C. The van der Waals surface area contributed by atoms with Gasteiger partial charge in [0, 0.05) is 25.0 Å². The Labute approximate surface area is 127 Å². The molecule has 1 saturated heterocycles. The van der Waals surface area contributed by atoms with Crippen molar-refractivity contribution in [1.29, 1.82) is 0 Å². The van der Waals surface area contributed by atoms with Crippen LogP contribution in [0.25, 0.3) is 0 Å². The summed E-state index contributed by atoms with van der Waals surface area (Å²) >= 11 is 0. The zero-order chi connectivity index (χ0) is 15.3. The van der Waals surface area contributed by atoms with E-state index in [9.17, 15) is 0 Å². The van der Waals surface area contributed by atoms with Crippen LogP contribution in [-0.4, -0.2) is 35.9 Å². The second kappa shape index (κ2) is 7.36. The third-order valence-corrected chi connectivity index (χ3v) is 4.07. The van der Waals surface area contributed by atoms with Crippen LogP contribution in [0, 0.1) is 5.41 Å². The molecule has 0 saturated carbocycles. The van der Waals surface area contributed by atoms with Gasteiger partial charge >= 0.3 is 0 Å². The van der Waals surface area contributed by atoms with Crippen LogP contribution < -0.4 is 5.32 Å². The monoisotopic (exact) mass is 295 g/mol. The second-order valence-corrected chi connectivity index (χ2v) is 7.04. The molecule has 2 rings (SSSR count). The number of hydrogen-bond donors (Lipinski definition) is 1. The first-order chi connectivity index (χ1) is 10.0. The van der Waals surface area contributed by atoms with Crippen molar-refractivity contribution in [3.05, 3.63) is 11.7 Å². The van der Waals surface area contributed by atoms with Crippen LogP contribution in [0.2, 0.25) is 0 Å². The summed E-state index contributed by atoms with van der Waals surface area (Å²) in [6.07, 6.45) is 4.08. The maximum Gasteiger partial charge on any atom is 0.228 e. The van der Waals surface area contributed by atoms with Crippen LogP contribution >= 0.6 is 0 Å². The maximum atomic E-state index is 5.50. The van der Waals surface area contributed by atoms with Gasteiger partial charge in [0.25, 0.3) is 0 Å². The smallest absolute Gasteiger partial charge is 0.228 e. The van der Waals surface area contributed by atoms with E-state index in [0.717, 1.165) is 57.2 Å². The highest BCUT2D eigenvalue weighted by molar-refractivity contribution is 4.99. The summed E-state index contributed by atoms with van der Waals surface area (Å²) in [6.45, 7) is 11.5. The van der Waals surface area contributed by atoms with Gasteiger partial charge in [-0.25, -0.2) is 0 Å². The van der Waals surface area contributed by atoms with Crippen molar-refractivity contribution in [2.24, 2.45) is 5.41 Å². The third-order valence-electron chi connectivity index (χ3n) is 4.07. The molecular weight excluding hydrogens is 266 g/mol. The first kappa shape index (κ1) is 16.4. The van der Waals surface area contributed by atoms with E-state index in [-0.39, 0.29) is 5.41 Å². The van der Waals surface area contributed by atoms with Crippen LogP contribution in [0.15, 0.2) is 4.52 Å². The molecule has 1 fully saturated rings. The van der Waals surface area contributed by atoms with Crippen LogP contribution in [0.3, 0.4) is 0 Å². The molecule has 0 amide bonds. The topological polar surface area (TPSA) is 60.2 Å². The molecule has 1 aliphatic rings. The molecule has 5 nitrogen and oxygen atoms in total. The molecule has 1 aliphatic heterocycles. The first-order valence-electron chi connectivity index (χ1n) is 8.14. The van der Waals surface area contributed by atoms with E-state index >= 15 is 0 Å². The van der Waals surface area contributed by atoms with Gasteiger partial charge in [0.05, 0.1) is 6.61 Å². The largest absolute Gasteiger partial charge is 0.381 e. The van der Waals surface area contributed by atoms with Crippen molar-refractivity contribution >= 4 is 0 Å². The Kier molecular flexibility index (Phi) is 5.76. The Morgan fingerprint density at radius 2 is 2.19 bits per heavy atom. The lowest BCUT2D eigenvalue weighted by Crippen LogP contribution is -2.42. The summed E-state index contributed by atoms with van der Waals surface area (Å²) in [5.74, 6) is 1.85. The fourth-order valence-corrected chi connectivity index (χ4v) is 2.64. The van der Waals surface area contributed by atoms with Gasteiger partial charge in [-0.1, -0.05) is 32.9 Å². The quantitative estimate of drug-likeness (QED) is 0.874. The van der Waals surface area contributed by atoms with Crippen LogP contribution in [0.4, 0.5) is 0 Å². The van der Waals surface area contributed by atoms with E-state index in [4.69, 9.17) is 9.26 Å². The Morgan fingerprint density at radius 3 is 2.81 bits per heavy atom. The van der Waals surface area contributed by atoms with Crippen LogP contribution in [0.5, 0.6) is 0 Å². The number of rotatable bonds is 6. The van der Waals surface area contributed by atoms with E-state index in [0.29, 0.717) is 12.0 Å². The lowest BCUT2D eigenvalue weighted by atomic mass is 9.84. The molecule has 1 N–H and O–H groups in total. The summed E-state index contributed by atoms with van der Waals surface area (Å²) in [6, 6.07) is 0.341.